The lowest BCUT2D eigenvalue weighted by Gasteiger charge is -2.15. The maximum Gasteiger partial charge on any atom is 0.342 e. The molecule has 6 nitrogen and oxygen atoms in total. The molecule has 0 saturated heterocycles. The Labute approximate surface area is 157 Å². The fraction of sp³-hybridized carbons (Fsp3) is 0.263. The van der Waals surface area contributed by atoms with Gasteiger partial charge in [0.25, 0.3) is 5.91 Å². The summed E-state index contributed by atoms with van der Waals surface area (Å²) >= 11 is 5.90. The van der Waals surface area contributed by atoms with Gasteiger partial charge in [-0.2, -0.15) is 0 Å². The van der Waals surface area contributed by atoms with E-state index in [0.717, 1.165) is 11.3 Å². The maximum absolute atomic E-state index is 12.3. The Balaban J connectivity index is 1.93. The molecule has 1 amide bonds. The number of rotatable bonds is 7. The standard InChI is InChI=1S/C19H20ClNO5/c1-12(18(22)21-11-13-4-7-15(24-2)8-5-13)26-19(23)16-10-14(20)6-9-17(16)25-3/h4-10,12H,11H2,1-3H3,(H,21,22)/t12-/m0/s1. The fourth-order valence-electron chi connectivity index (χ4n) is 2.19. The third kappa shape index (κ3) is 5.13. The number of halogens is 1. The minimum absolute atomic E-state index is 0.162. The first-order valence-electron chi connectivity index (χ1n) is 7.89. The highest BCUT2D eigenvalue weighted by Gasteiger charge is 2.21. The van der Waals surface area contributed by atoms with Crippen molar-refractivity contribution >= 4 is 23.5 Å². The average Bonchev–Trinajstić information content (AvgIpc) is 2.66. The number of amides is 1. The van der Waals surface area contributed by atoms with E-state index in [4.69, 9.17) is 25.8 Å². The number of hydrogen-bond donors (Lipinski definition) is 1. The monoisotopic (exact) mass is 377 g/mol. The smallest absolute Gasteiger partial charge is 0.342 e. The number of carbonyl (C=O) groups is 2. The summed E-state index contributed by atoms with van der Waals surface area (Å²) in [6.07, 6.45) is -0.968. The summed E-state index contributed by atoms with van der Waals surface area (Å²) < 4.78 is 15.4. The fourth-order valence-corrected chi connectivity index (χ4v) is 2.37. The Kier molecular flexibility index (Phi) is 6.86. The van der Waals surface area contributed by atoms with Crippen LogP contribution >= 0.6 is 11.6 Å². The average molecular weight is 378 g/mol. The number of nitrogens with one attached hydrogen (secondary N) is 1. The molecular weight excluding hydrogens is 358 g/mol. The Bertz CT molecular complexity index is 776. The Morgan fingerprint density at radius 3 is 2.38 bits per heavy atom. The first-order valence-corrected chi connectivity index (χ1v) is 8.27. The van der Waals surface area contributed by atoms with Gasteiger partial charge in [0.1, 0.15) is 17.1 Å². The van der Waals surface area contributed by atoms with Crippen molar-refractivity contribution in [2.45, 2.75) is 19.6 Å². The molecule has 1 atom stereocenters. The third-order valence-electron chi connectivity index (χ3n) is 3.66. The molecule has 138 valence electrons. The zero-order valence-electron chi connectivity index (χ0n) is 14.7. The van der Waals surface area contributed by atoms with Crippen molar-refractivity contribution in [2.24, 2.45) is 0 Å². The van der Waals surface area contributed by atoms with Crippen molar-refractivity contribution in [1.82, 2.24) is 5.32 Å². The van der Waals surface area contributed by atoms with Crippen LogP contribution in [0.3, 0.4) is 0 Å². The van der Waals surface area contributed by atoms with Crippen molar-refractivity contribution in [3.05, 3.63) is 58.6 Å². The predicted octanol–water partition coefficient (Wildman–Crippen LogP) is 3.22. The minimum atomic E-state index is -0.968. The van der Waals surface area contributed by atoms with E-state index in [2.05, 4.69) is 5.32 Å². The third-order valence-corrected chi connectivity index (χ3v) is 3.90. The maximum atomic E-state index is 12.3. The molecular formula is C19H20ClNO5. The summed E-state index contributed by atoms with van der Waals surface area (Å²) in [6, 6.07) is 11.9. The molecule has 0 unspecified atom stereocenters. The van der Waals surface area contributed by atoms with Crippen molar-refractivity contribution in [2.75, 3.05) is 14.2 Å². The molecule has 1 N–H and O–H groups in total. The van der Waals surface area contributed by atoms with E-state index in [0.29, 0.717) is 17.3 Å². The van der Waals surface area contributed by atoms with E-state index in [1.165, 1.54) is 20.1 Å². The van der Waals surface area contributed by atoms with Gasteiger partial charge in [-0.1, -0.05) is 23.7 Å². The number of esters is 1. The summed E-state index contributed by atoms with van der Waals surface area (Å²) in [4.78, 5) is 24.4. The molecule has 0 aliphatic carbocycles. The Hall–Kier alpha value is -2.73. The molecule has 26 heavy (non-hydrogen) atoms. The largest absolute Gasteiger partial charge is 0.497 e. The van der Waals surface area contributed by atoms with E-state index in [1.807, 2.05) is 12.1 Å². The molecule has 7 heteroatoms. The topological polar surface area (TPSA) is 73.9 Å². The van der Waals surface area contributed by atoms with E-state index in [-0.39, 0.29) is 5.56 Å². The van der Waals surface area contributed by atoms with E-state index in [1.54, 1.807) is 31.4 Å². The second-order valence-electron chi connectivity index (χ2n) is 5.46. The van der Waals surface area contributed by atoms with Crippen LogP contribution in [0.2, 0.25) is 5.02 Å². The zero-order chi connectivity index (χ0) is 19.1. The summed E-state index contributed by atoms with van der Waals surface area (Å²) in [7, 11) is 3.02. The molecule has 0 fully saturated rings. The van der Waals surface area contributed by atoms with E-state index >= 15 is 0 Å². The highest BCUT2D eigenvalue weighted by atomic mass is 35.5. The molecule has 0 spiro atoms. The summed E-state index contributed by atoms with van der Waals surface area (Å²) in [6.45, 7) is 1.81. The lowest BCUT2D eigenvalue weighted by Crippen LogP contribution is -2.35. The lowest BCUT2D eigenvalue weighted by atomic mass is 10.2. The summed E-state index contributed by atoms with van der Waals surface area (Å²) in [5.74, 6) is -0.0327. The molecule has 0 heterocycles. The van der Waals surface area contributed by atoms with Gasteiger partial charge in [0.2, 0.25) is 0 Å². The summed E-state index contributed by atoms with van der Waals surface area (Å²) in [5, 5.41) is 3.09. The number of hydrogen-bond acceptors (Lipinski definition) is 5. The first-order chi connectivity index (χ1) is 12.4. The Morgan fingerprint density at radius 2 is 1.77 bits per heavy atom. The molecule has 0 radical (unpaired) electrons. The van der Waals surface area contributed by atoms with Crippen molar-refractivity contribution in [3.63, 3.8) is 0 Å². The minimum Gasteiger partial charge on any atom is -0.497 e. The normalized spacial score (nSPS) is 11.4. The quantitative estimate of drug-likeness (QED) is 0.750. The van der Waals surface area contributed by atoms with Crippen LogP contribution in [0.25, 0.3) is 0 Å². The van der Waals surface area contributed by atoms with Crippen molar-refractivity contribution < 1.29 is 23.8 Å². The van der Waals surface area contributed by atoms with Crippen LogP contribution in [0.4, 0.5) is 0 Å². The molecule has 2 aromatic carbocycles. The molecule has 0 bridgehead atoms. The molecule has 0 saturated carbocycles. The van der Waals surface area contributed by atoms with Gasteiger partial charge in [-0.25, -0.2) is 4.79 Å². The molecule has 0 aromatic heterocycles. The highest BCUT2D eigenvalue weighted by molar-refractivity contribution is 6.31. The van der Waals surface area contributed by atoms with Crippen molar-refractivity contribution in [3.8, 4) is 11.5 Å². The second-order valence-corrected chi connectivity index (χ2v) is 5.89. The molecule has 2 rings (SSSR count). The number of benzene rings is 2. The van der Waals surface area contributed by atoms with Gasteiger partial charge in [-0.05, 0) is 42.8 Å². The molecule has 0 aliphatic heterocycles. The Morgan fingerprint density at radius 1 is 1.08 bits per heavy atom. The van der Waals surface area contributed by atoms with Crippen LogP contribution in [0.5, 0.6) is 11.5 Å². The number of carbonyl (C=O) groups excluding carboxylic acids is 2. The number of ether oxygens (including phenoxy) is 3. The van der Waals surface area contributed by atoms with Gasteiger partial charge in [0.05, 0.1) is 14.2 Å². The lowest BCUT2D eigenvalue weighted by molar-refractivity contribution is -0.129. The summed E-state index contributed by atoms with van der Waals surface area (Å²) in [5.41, 5.74) is 1.06. The molecule has 0 aliphatic rings. The second kappa shape index (κ2) is 9.10. The van der Waals surface area contributed by atoms with Gasteiger partial charge < -0.3 is 19.5 Å². The zero-order valence-corrected chi connectivity index (χ0v) is 15.5. The van der Waals surface area contributed by atoms with E-state index in [9.17, 15) is 9.59 Å². The van der Waals surface area contributed by atoms with Gasteiger partial charge in [0, 0.05) is 11.6 Å². The van der Waals surface area contributed by atoms with Gasteiger partial charge in [-0.3, -0.25) is 4.79 Å². The first kappa shape index (κ1) is 19.6. The van der Waals surface area contributed by atoms with Crippen LogP contribution in [0, 0.1) is 0 Å². The highest BCUT2D eigenvalue weighted by Crippen LogP contribution is 2.23. The van der Waals surface area contributed by atoms with Crippen LogP contribution in [-0.4, -0.2) is 32.2 Å². The SMILES string of the molecule is COc1ccc(CNC(=O)[C@H](C)OC(=O)c2cc(Cl)ccc2OC)cc1. The van der Waals surface area contributed by atoms with Crippen LogP contribution in [0.15, 0.2) is 42.5 Å². The van der Waals surface area contributed by atoms with E-state index < -0.39 is 18.0 Å². The van der Waals surface area contributed by atoms with Gasteiger partial charge >= 0.3 is 5.97 Å². The molecule has 2 aromatic rings. The van der Waals surface area contributed by atoms with Crippen molar-refractivity contribution in [1.29, 1.82) is 0 Å². The van der Waals surface area contributed by atoms with Crippen LogP contribution in [0.1, 0.15) is 22.8 Å². The van der Waals surface area contributed by atoms with Gasteiger partial charge in [-0.15, -0.1) is 0 Å². The van der Waals surface area contributed by atoms with Crippen LogP contribution in [-0.2, 0) is 16.1 Å². The predicted molar refractivity (Wildman–Crippen MR) is 97.7 cm³/mol. The number of methoxy groups -OCH3 is 2. The van der Waals surface area contributed by atoms with Gasteiger partial charge in [0.15, 0.2) is 6.10 Å². The van der Waals surface area contributed by atoms with Crippen LogP contribution < -0.4 is 14.8 Å².